The summed E-state index contributed by atoms with van der Waals surface area (Å²) in [6.07, 6.45) is 0.790. The zero-order valence-electron chi connectivity index (χ0n) is 11.2. The van der Waals surface area contributed by atoms with E-state index in [0.29, 0.717) is 31.7 Å². The maximum Gasteiger partial charge on any atom is 0.311 e. The van der Waals surface area contributed by atoms with Crippen LogP contribution in [-0.2, 0) is 0 Å². The van der Waals surface area contributed by atoms with Gasteiger partial charge in [0.25, 0.3) is 0 Å². The molecule has 0 saturated heterocycles. The summed E-state index contributed by atoms with van der Waals surface area (Å²) in [4.78, 5) is 14.6. The Morgan fingerprint density at radius 3 is 2.74 bits per heavy atom. The summed E-state index contributed by atoms with van der Waals surface area (Å²) >= 11 is 0. The minimum Gasteiger partial charge on any atom is -0.393 e. The van der Waals surface area contributed by atoms with Gasteiger partial charge in [0.15, 0.2) is 0 Å². The van der Waals surface area contributed by atoms with Crippen LogP contribution in [-0.4, -0.2) is 34.2 Å². The predicted molar refractivity (Wildman–Crippen MR) is 74.5 cm³/mol. The molecule has 7 heteroatoms. The summed E-state index contributed by atoms with van der Waals surface area (Å²) in [6.45, 7) is 4.95. The molecule has 1 heterocycles. The van der Waals surface area contributed by atoms with Crippen LogP contribution in [0.4, 0.5) is 17.3 Å². The topological polar surface area (TPSA) is 100 Å². The van der Waals surface area contributed by atoms with Gasteiger partial charge in [-0.05, 0) is 25.8 Å². The van der Waals surface area contributed by atoms with Crippen molar-refractivity contribution in [3.05, 3.63) is 22.2 Å². The van der Waals surface area contributed by atoms with Gasteiger partial charge in [-0.25, -0.2) is 4.98 Å². The molecule has 1 aromatic heterocycles. The number of aromatic nitrogens is 1. The van der Waals surface area contributed by atoms with E-state index in [1.807, 2.05) is 13.8 Å². The third-order valence-electron chi connectivity index (χ3n) is 2.67. The molecule has 0 radical (unpaired) electrons. The Hall–Kier alpha value is -1.89. The molecule has 1 unspecified atom stereocenters. The van der Waals surface area contributed by atoms with Gasteiger partial charge >= 0.3 is 5.69 Å². The molecule has 0 spiro atoms. The average Bonchev–Trinajstić information content (AvgIpc) is 2.38. The zero-order chi connectivity index (χ0) is 14.3. The van der Waals surface area contributed by atoms with E-state index in [1.165, 1.54) is 6.07 Å². The smallest absolute Gasteiger partial charge is 0.311 e. The van der Waals surface area contributed by atoms with Gasteiger partial charge in [0.1, 0.15) is 5.82 Å². The number of pyridine rings is 1. The highest BCUT2D eigenvalue weighted by atomic mass is 16.6. The first-order valence-electron chi connectivity index (χ1n) is 6.39. The fourth-order valence-corrected chi connectivity index (χ4v) is 1.57. The normalized spacial score (nSPS) is 11.9. The molecule has 3 N–H and O–H groups in total. The second-order valence-corrected chi connectivity index (χ2v) is 4.13. The van der Waals surface area contributed by atoms with Crippen molar-refractivity contribution in [2.24, 2.45) is 0 Å². The van der Waals surface area contributed by atoms with Crippen LogP contribution in [0.15, 0.2) is 12.1 Å². The monoisotopic (exact) mass is 268 g/mol. The quantitative estimate of drug-likeness (QED) is 0.492. The summed E-state index contributed by atoms with van der Waals surface area (Å²) in [5.74, 6) is 0.818. The van der Waals surface area contributed by atoms with Gasteiger partial charge in [0.2, 0.25) is 5.82 Å². The third kappa shape index (κ3) is 4.70. The van der Waals surface area contributed by atoms with Crippen molar-refractivity contribution in [3.63, 3.8) is 0 Å². The molecular weight excluding hydrogens is 248 g/mol. The van der Waals surface area contributed by atoms with Crippen molar-refractivity contribution < 1.29 is 10.0 Å². The van der Waals surface area contributed by atoms with E-state index in [2.05, 4.69) is 15.6 Å². The second-order valence-electron chi connectivity index (χ2n) is 4.13. The van der Waals surface area contributed by atoms with Crippen LogP contribution in [0.25, 0.3) is 0 Å². The largest absolute Gasteiger partial charge is 0.393 e. The number of aliphatic hydroxyl groups is 1. The highest BCUT2D eigenvalue weighted by Gasteiger charge is 2.15. The third-order valence-corrected chi connectivity index (χ3v) is 2.67. The molecule has 1 atom stereocenters. The molecule has 0 fully saturated rings. The lowest BCUT2D eigenvalue weighted by molar-refractivity contribution is -0.384. The maximum atomic E-state index is 10.9. The van der Waals surface area contributed by atoms with Gasteiger partial charge in [-0.15, -0.1) is 0 Å². The summed E-state index contributed by atoms with van der Waals surface area (Å²) in [5, 5.41) is 26.3. The van der Waals surface area contributed by atoms with Crippen molar-refractivity contribution in [2.45, 2.75) is 32.8 Å². The number of nitro groups is 1. The number of hydrogen-bond donors (Lipinski definition) is 3. The average molecular weight is 268 g/mol. The molecule has 0 saturated carbocycles. The SMILES string of the molecule is CCNc1ccc([N+](=O)[O-])c(NCCC(O)CC)n1. The Morgan fingerprint density at radius 1 is 1.42 bits per heavy atom. The summed E-state index contributed by atoms with van der Waals surface area (Å²) in [6, 6.07) is 3.00. The first kappa shape index (κ1) is 15.2. The molecule has 0 bridgehead atoms. The highest BCUT2D eigenvalue weighted by Crippen LogP contribution is 2.23. The molecule has 1 aromatic rings. The van der Waals surface area contributed by atoms with E-state index in [4.69, 9.17) is 0 Å². The van der Waals surface area contributed by atoms with E-state index < -0.39 is 11.0 Å². The van der Waals surface area contributed by atoms with Crippen molar-refractivity contribution in [2.75, 3.05) is 23.7 Å². The fraction of sp³-hybridized carbons (Fsp3) is 0.583. The first-order chi connectivity index (χ1) is 9.08. The molecule has 0 aliphatic heterocycles. The zero-order valence-corrected chi connectivity index (χ0v) is 11.2. The van der Waals surface area contributed by atoms with Crippen LogP contribution in [0.3, 0.4) is 0 Å². The van der Waals surface area contributed by atoms with Crippen molar-refractivity contribution in [1.29, 1.82) is 0 Å². The Labute approximate surface area is 112 Å². The van der Waals surface area contributed by atoms with Gasteiger partial charge < -0.3 is 15.7 Å². The van der Waals surface area contributed by atoms with Crippen LogP contribution < -0.4 is 10.6 Å². The number of nitrogens with zero attached hydrogens (tertiary/aromatic N) is 2. The van der Waals surface area contributed by atoms with Gasteiger partial charge in [0.05, 0.1) is 11.0 Å². The summed E-state index contributed by atoms with van der Waals surface area (Å²) in [5.41, 5.74) is -0.0624. The summed E-state index contributed by atoms with van der Waals surface area (Å²) < 4.78 is 0. The molecule has 7 nitrogen and oxygen atoms in total. The lowest BCUT2D eigenvalue weighted by Gasteiger charge is -2.10. The van der Waals surface area contributed by atoms with Crippen LogP contribution in [0.5, 0.6) is 0 Å². The molecule has 1 rings (SSSR count). The van der Waals surface area contributed by atoms with Crippen molar-refractivity contribution in [3.8, 4) is 0 Å². The van der Waals surface area contributed by atoms with Crippen LogP contribution in [0.2, 0.25) is 0 Å². The molecule has 0 aromatic carbocycles. The molecule has 0 aliphatic rings. The second kappa shape index (κ2) is 7.52. The molecule has 0 aliphatic carbocycles. The van der Waals surface area contributed by atoms with E-state index in [0.717, 1.165) is 0 Å². The predicted octanol–water partition coefficient (Wildman–Crippen LogP) is 1.99. The standard InChI is InChI=1S/C12H20N4O3/c1-3-9(17)7-8-14-12-10(16(18)19)5-6-11(15-12)13-4-2/h5-6,9,17H,3-4,7-8H2,1-2H3,(H2,13,14,15). The van der Waals surface area contributed by atoms with Crippen LogP contribution in [0.1, 0.15) is 26.7 Å². The van der Waals surface area contributed by atoms with Gasteiger partial charge in [0, 0.05) is 19.2 Å². The number of hydrogen-bond acceptors (Lipinski definition) is 6. The lowest BCUT2D eigenvalue weighted by atomic mass is 10.2. The highest BCUT2D eigenvalue weighted by molar-refractivity contribution is 5.60. The molecule has 19 heavy (non-hydrogen) atoms. The van der Waals surface area contributed by atoms with Gasteiger partial charge in [-0.3, -0.25) is 10.1 Å². The Morgan fingerprint density at radius 2 is 2.16 bits per heavy atom. The number of nitrogens with one attached hydrogen (secondary N) is 2. The number of anilines is 2. The van der Waals surface area contributed by atoms with Crippen molar-refractivity contribution >= 4 is 17.3 Å². The van der Waals surface area contributed by atoms with Crippen molar-refractivity contribution in [1.82, 2.24) is 4.98 Å². The van der Waals surface area contributed by atoms with Crippen LogP contribution in [0, 0.1) is 10.1 Å². The Kier molecular flexibility index (Phi) is 6.01. The fourth-order valence-electron chi connectivity index (χ4n) is 1.57. The minimum absolute atomic E-state index is 0.0624. The number of rotatable bonds is 8. The first-order valence-corrected chi connectivity index (χ1v) is 6.39. The lowest BCUT2D eigenvalue weighted by Crippen LogP contribution is -2.14. The van der Waals surface area contributed by atoms with E-state index >= 15 is 0 Å². The van der Waals surface area contributed by atoms with E-state index in [-0.39, 0.29) is 11.5 Å². The van der Waals surface area contributed by atoms with Crippen LogP contribution >= 0.6 is 0 Å². The molecule has 106 valence electrons. The summed E-state index contributed by atoms with van der Waals surface area (Å²) in [7, 11) is 0. The van der Waals surface area contributed by atoms with Gasteiger partial charge in [-0.1, -0.05) is 6.92 Å². The molecule has 0 amide bonds. The van der Waals surface area contributed by atoms with Gasteiger partial charge in [-0.2, -0.15) is 0 Å². The molecular formula is C12H20N4O3. The maximum absolute atomic E-state index is 10.9. The Balaban J connectivity index is 2.76. The minimum atomic E-state index is -0.471. The van der Waals surface area contributed by atoms with E-state index in [9.17, 15) is 15.2 Å². The van der Waals surface area contributed by atoms with E-state index in [1.54, 1.807) is 6.07 Å². The Bertz CT molecular complexity index is 425. The number of aliphatic hydroxyl groups excluding tert-OH is 1.